The van der Waals surface area contributed by atoms with E-state index in [1.165, 1.54) is 32.1 Å². The second-order valence-corrected chi connectivity index (χ2v) is 7.10. The number of carbonyl (C=O) groups is 1. The summed E-state index contributed by atoms with van der Waals surface area (Å²) in [6.07, 6.45) is 9.08. The summed E-state index contributed by atoms with van der Waals surface area (Å²) in [4.78, 5) is 17.3. The first-order valence-electron chi connectivity index (χ1n) is 7.33. The van der Waals surface area contributed by atoms with Gasteiger partial charge in [-0.1, -0.05) is 51.1 Å². The summed E-state index contributed by atoms with van der Waals surface area (Å²) in [5.74, 6) is 0.444. The highest BCUT2D eigenvalue weighted by Gasteiger charge is 2.44. The number of fused-ring (bicyclic) bond motifs is 1. The van der Waals surface area contributed by atoms with Crippen LogP contribution in [-0.2, 0) is 4.79 Å². The lowest BCUT2D eigenvalue weighted by atomic mass is 9.82. The summed E-state index contributed by atoms with van der Waals surface area (Å²) in [6, 6.07) is 0. The van der Waals surface area contributed by atoms with Gasteiger partial charge in [-0.25, -0.2) is 4.99 Å². The third-order valence-electron chi connectivity index (χ3n) is 3.98. The van der Waals surface area contributed by atoms with Crippen LogP contribution in [0, 0.1) is 11.8 Å². The number of rotatable bonds is 6. The number of hydrogen-bond donors (Lipinski definition) is 0. The molecule has 1 fully saturated rings. The topological polar surface area (TPSA) is 29.4 Å². The molecule has 2 heterocycles. The fourth-order valence-corrected chi connectivity index (χ4v) is 4.95. The van der Waals surface area contributed by atoms with Crippen molar-refractivity contribution in [1.82, 2.24) is 0 Å². The van der Waals surface area contributed by atoms with Gasteiger partial charge in [0.1, 0.15) is 5.17 Å². The zero-order valence-corrected chi connectivity index (χ0v) is 13.3. The third kappa shape index (κ3) is 3.43. The first-order chi connectivity index (χ1) is 9.17. The molecular weight excluding hydrogens is 278 g/mol. The van der Waals surface area contributed by atoms with Crippen molar-refractivity contribution in [3.63, 3.8) is 0 Å². The van der Waals surface area contributed by atoms with Crippen molar-refractivity contribution in [1.29, 1.82) is 0 Å². The molecule has 0 aromatic heterocycles. The van der Waals surface area contributed by atoms with Gasteiger partial charge in [-0.15, -0.1) is 11.8 Å². The van der Waals surface area contributed by atoms with Gasteiger partial charge in [0.15, 0.2) is 0 Å². The quantitative estimate of drug-likeness (QED) is 0.706. The molecular formula is C15H22ClNOS. The number of halogens is 1. The molecule has 1 amide bonds. The second-order valence-electron chi connectivity index (χ2n) is 5.40. The lowest BCUT2D eigenvalue weighted by Crippen LogP contribution is -2.26. The van der Waals surface area contributed by atoms with Gasteiger partial charge < -0.3 is 0 Å². The normalized spacial score (nSPS) is 30.1. The van der Waals surface area contributed by atoms with E-state index in [2.05, 4.69) is 18.8 Å². The summed E-state index contributed by atoms with van der Waals surface area (Å²) >= 11 is 7.80. The number of amides is 1. The van der Waals surface area contributed by atoms with E-state index in [4.69, 9.17) is 11.6 Å². The molecule has 0 N–H and O–H groups in total. The predicted molar refractivity (Wildman–Crippen MR) is 83.8 cm³/mol. The van der Waals surface area contributed by atoms with Crippen molar-refractivity contribution >= 4 is 34.4 Å². The van der Waals surface area contributed by atoms with E-state index in [9.17, 15) is 4.79 Å². The standard InChI is InChI=1S/C15H22ClNOS/c1-3-5-7-10-11(8-6-4-2)19-12-9-13(16)17-15(18)14(10)12/h9-11,14H,3-8H2,1-2H3. The van der Waals surface area contributed by atoms with Crippen LogP contribution in [0.2, 0.25) is 0 Å². The monoisotopic (exact) mass is 299 g/mol. The molecule has 0 radical (unpaired) electrons. The van der Waals surface area contributed by atoms with E-state index in [-0.39, 0.29) is 11.8 Å². The fourth-order valence-electron chi connectivity index (χ4n) is 2.98. The summed E-state index contributed by atoms with van der Waals surface area (Å²) in [5, 5.41) is 0.929. The van der Waals surface area contributed by atoms with E-state index in [1.54, 1.807) is 0 Å². The summed E-state index contributed by atoms with van der Waals surface area (Å²) in [6.45, 7) is 4.43. The minimum absolute atomic E-state index is 0.000839. The number of dihydropyridines is 1. The van der Waals surface area contributed by atoms with E-state index in [0.29, 0.717) is 16.3 Å². The molecule has 2 aliphatic heterocycles. The molecule has 2 nitrogen and oxygen atoms in total. The van der Waals surface area contributed by atoms with Crippen molar-refractivity contribution in [2.24, 2.45) is 16.8 Å². The summed E-state index contributed by atoms with van der Waals surface area (Å²) in [5.41, 5.74) is 0. The lowest BCUT2D eigenvalue weighted by Gasteiger charge is -2.22. The molecule has 0 aromatic rings. The van der Waals surface area contributed by atoms with Gasteiger partial charge in [-0.3, -0.25) is 4.79 Å². The highest BCUT2D eigenvalue weighted by molar-refractivity contribution is 8.04. The zero-order chi connectivity index (χ0) is 13.8. The van der Waals surface area contributed by atoms with E-state index in [0.717, 1.165) is 11.3 Å². The fraction of sp³-hybridized carbons (Fsp3) is 0.733. The Morgan fingerprint density at radius 1 is 1.26 bits per heavy atom. The van der Waals surface area contributed by atoms with Crippen LogP contribution in [0.25, 0.3) is 0 Å². The van der Waals surface area contributed by atoms with E-state index < -0.39 is 0 Å². The Bertz CT molecular complexity index is 405. The number of carbonyl (C=O) groups excluding carboxylic acids is 1. The van der Waals surface area contributed by atoms with Crippen LogP contribution in [0.1, 0.15) is 52.4 Å². The maximum Gasteiger partial charge on any atom is 0.255 e. The molecule has 2 aliphatic rings. The second kappa shape index (κ2) is 6.94. The maximum absolute atomic E-state index is 12.2. The summed E-state index contributed by atoms with van der Waals surface area (Å²) in [7, 11) is 0. The number of unbranched alkanes of at least 4 members (excludes halogenated alkanes) is 2. The minimum atomic E-state index is -0.0184. The van der Waals surface area contributed by atoms with Crippen molar-refractivity contribution in [3.8, 4) is 0 Å². The molecule has 1 saturated heterocycles. The van der Waals surface area contributed by atoms with Crippen LogP contribution >= 0.6 is 23.4 Å². The molecule has 0 spiro atoms. The van der Waals surface area contributed by atoms with Crippen LogP contribution in [0.5, 0.6) is 0 Å². The largest absolute Gasteiger partial charge is 0.272 e. The van der Waals surface area contributed by atoms with Crippen molar-refractivity contribution in [3.05, 3.63) is 11.0 Å². The highest BCUT2D eigenvalue weighted by atomic mass is 35.5. The van der Waals surface area contributed by atoms with Crippen LogP contribution in [-0.4, -0.2) is 16.3 Å². The molecule has 106 valence electrons. The number of aliphatic imine (C=N–C) groups is 1. The first-order valence-corrected chi connectivity index (χ1v) is 8.59. The van der Waals surface area contributed by atoms with Gasteiger partial charge in [0.25, 0.3) is 5.91 Å². The maximum atomic E-state index is 12.2. The van der Waals surface area contributed by atoms with Gasteiger partial charge in [0, 0.05) is 10.2 Å². The highest BCUT2D eigenvalue weighted by Crippen LogP contribution is 2.51. The first kappa shape index (κ1) is 15.1. The van der Waals surface area contributed by atoms with Crippen molar-refractivity contribution in [2.45, 2.75) is 57.6 Å². The van der Waals surface area contributed by atoms with Crippen LogP contribution in [0.3, 0.4) is 0 Å². The van der Waals surface area contributed by atoms with Crippen LogP contribution in [0.15, 0.2) is 16.0 Å². The smallest absolute Gasteiger partial charge is 0.255 e. The Morgan fingerprint density at radius 2 is 1.95 bits per heavy atom. The number of hydrogen-bond acceptors (Lipinski definition) is 2. The third-order valence-corrected chi connectivity index (χ3v) is 5.70. The predicted octanol–water partition coefficient (Wildman–Crippen LogP) is 4.78. The molecule has 3 atom stereocenters. The van der Waals surface area contributed by atoms with E-state index >= 15 is 0 Å². The molecule has 0 aromatic carbocycles. The zero-order valence-electron chi connectivity index (χ0n) is 11.7. The average molecular weight is 300 g/mol. The number of nitrogens with zero attached hydrogens (tertiary/aromatic N) is 1. The molecule has 2 rings (SSSR count). The molecule has 3 unspecified atom stereocenters. The molecule has 0 saturated carbocycles. The van der Waals surface area contributed by atoms with Gasteiger partial charge in [0.2, 0.25) is 0 Å². The lowest BCUT2D eigenvalue weighted by molar-refractivity contribution is -0.121. The van der Waals surface area contributed by atoms with Gasteiger partial charge in [-0.05, 0) is 24.8 Å². The Labute approximate surface area is 125 Å². The number of allylic oxidation sites excluding steroid dienone is 1. The van der Waals surface area contributed by atoms with Gasteiger partial charge in [0.05, 0.1) is 5.92 Å². The molecule has 0 bridgehead atoms. The van der Waals surface area contributed by atoms with Crippen molar-refractivity contribution < 1.29 is 4.79 Å². The Morgan fingerprint density at radius 3 is 2.63 bits per heavy atom. The molecule has 4 heteroatoms. The van der Waals surface area contributed by atoms with Gasteiger partial charge in [-0.2, -0.15) is 0 Å². The SMILES string of the molecule is CCCCC1SC2=CC(Cl)=NC(=O)C2C1CCCC. The minimum Gasteiger partial charge on any atom is -0.272 e. The summed E-state index contributed by atoms with van der Waals surface area (Å²) < 4.78 is 0. The number of thioether (sulfide) groups is 1. The Hall–Kier alpha value is -0.280. The molecule has 19 heavy (non-hydrogen) atoms. The van der Waals surface area contributed by atoms with Crippen LogP contribution in [0.4, 0.5) is 0 Å². The van der Waals surface area contributed by atoms with Gasteiger partial charge >= 0.3 is 0 Å². The van der Waals surface area contributed by atoms with Crippen molar-refractivity contribution in [2.75, 3.05) is 0 Å². The van der Waals surface area contributed by atoms with Crippen LogP contribution < -0.4 is 0 Å². The molecule has 0 aliphatic carbocycles. The average Bonchev–Trinajstić information content (AvgIpc) is 2.71. The Balaban J connectivity index is 2.14. The van der Waals surface area contributed by atoms with E-state index in [1.807, 2.05) is 17.8 Å². The Kier molecular flexibility index (Phi) is 5.52.